The average Bonchev–Trinajstić information content (AvgIpc) is 2.62. The third-order valence-corrected chi connectivity index (χ3v) is 4.12. The van der Waals surface area contributed by atoms with Crippen LogP contribution in [0.1, 0.15) is 31.4 Å². The molecule has 1 unspecified atom stereocenters. The van der Waals surface area contributed by atoms with Gasteiger partial charge in [-0.2, -0.15) is 0 Å². The highest BCUT2D eigenvalue weighted by atomic mass is 15.2. The van der Waals surface area contributed by atoms with Gasteiger partial charge in [0.2, 0.25) is 0 Å². The molecule has 19 heavy (non-hydrogen) atoms. The Bertz CT molecular complexity index is 387. The molecule has 106 valence electrons. The normalized spacial score (nSPS) is 21.6. The second-order valence-electron chi connectivity index (χ2n) is 6.20. The fraction of sp³-hybridized carbons (Fsp3) is 0.647. The lowest BCUT2D eigenvalue weighted by Gasteiger charge is -2.26. The van der Waals surface area contributed by atoms with Crippen LogP contribution < -0.4 is 5.32 Å². The first kappa shape index (κ1) is 14.5. The predicted molar refractivity (Wildman–Crippen MR) is 82.6 cm³/mol. The molecule has 2 nitrogen and oxygen atoms in total. The first-order chi connectivity index (χ1) is 9.15. The lowest BCUT2D eigenvalue weighted by molar-refractivity contribution is 0.248. The van der Waals surface area contributed by atoms with E-state index >= 15 is 0 Å². The van der Waals surface area contributed by atoms with E-state index in [1.807, 2.05) is 0 Å². The van der Waals surface area contributed by atoms with E-state index in [1.165, 1.54) is 50.1 Å². The van der Waals surface area contributed by atoms with Crippen LogP contribution in [0.15, 0.2) is 24.3 Å². The number of benzene rings is 1. The molecule has 1 aliphatic rings. The predicted octanol–water partition coefficient (Wildman–Crippen LogP) is 2.86. The molecule has 1 aliphatic heterocycles. The minimum atomic E-state index is 0.653. The van der Waals surface area contributed by atoms with Crippen molar-refractivity contribution in [2.45, 2.75) is 39.7 Å². The Hall–Kier alpha value is -0.860. The summed E-state index contributed by atoms with van der Waals surface area (Å²) in [4.78, 5) is 2.63. The quantitative estimate of drug-likeness (QED) is 0.895. The molecule has 0 aromatic heterocycles. The molecule has 1 saturated heterocycles. The number of hydrogen-bond donors (Lipinski definition) is 1. The molecule has 0 aliphatic carbocycles. The van der Waals surface area contributed by atoms with E-state index < -0.39 is 0 Å². The molecule has 0 radical (unpaired) electrons. The van der Waals surface area contributed by atoms with Gasteiger partial charge in [0.15, 0.2) is 0 Å². The van der Waals surface area contributed by atoms with Crippen LogP contribution in [0.5, 0.6) is 0 Å². The minimum Gasteiger partial charge on any atom is -0.312 e. The molecule has 2 rings (SSSR count). The number of hydrogen-bond acceptors (Lipinski definition) is 2. The Morgan fingerprint density at radius 2 is 2.21 bits per heavy atom. The summed E-state index contributed by atoms with van der Waals surface area (Å²) in [6.07, 6.45) is 2.45. The number of nitrogens with one attached hydrogen (secondary N) is 1. The molecule has 0 saturated carbocycles. The van der Waals surface area contributed by atoms with Gasteiger partial charge in [-0.25, -0.2) is 0 Å². The van der Waals surface area contributed by atoms with Crippen molar-refractivity contribution in [1.82, 2.24) is 10.2 Å². The second kappa shape index (κ2) is 7.06. The lowest BCUT2D eigenvalue weighted by atomic mass is 10.0. The van der Waals surface area contributed by atoms with Crippen LogP contribution in [0.2, 0.25) is 0 Å². The van der Waals surface area contributed by atoms with Crippen molar-refractivity contribution in [2.24, 2.45) is 5.92 Å². The summed E-state index contributed by atoms with van der Waals surface area (Å²) >= 11 is 0. The highest BCUT2D eigenvalue weighted by Crippen LogP contribution is 2.10. The summed E-state index contributed by atoms with van der Waals surface area (Å²) in [5.74, 6) is 0.722. The van der Waals surface area contributed by atoms with Crippen molar-refractivity contribution in [3.05, 3.63) is 35.4 Å². The second-order valence-corrected chi connectivity index (χ2v) is 6.20. The van der Waals surface area contributed by atoms with Gasteiger partial charge in [0.25, 0.3) is 0 Å². The molecular weight excluding hydrogens is 232 g/mol. The Morgan fingerprint density at radius 3 is 2.95 bits per heavy atom. The van der Waals surface area contributed by atoms with E-state index in [2.05, 4.69) is 55.3 Å². The van der Waals surface area contributed by atoms with Gasteiger partial charge in [0.05, 0.1) is 0 Å². The van der Waals surface area contributed by atoms with E-state index in [1.54, 1.807) is 0 Å². The van der Waals surface area contributed by atoms with Crippen molar-refractivity contribution in [1.29, 1.82) is 0 Å². The number of aryl methyl sites for hydroxylation is 1. The van der Waals surface area contributed by atoms with Crippen LogP contribution >= 0.6 is 0 Å². The fourth-order valence-corrected chi connectivity index (χ4v) is 2.83. The Morgan fingerprint density at radius 1 is 1.37 bits per heavy atom. The van der Waals surface area contributed by atoms with Gasteiger partial charge < -0.3 is 10.2 Å². The third-order valence-electron chi connectivity index (χ3n) is 4.12. The van der Waals surface area contributed by atoms with E-state index in [0.717, 1.165) is 5.92 Å². The zero-order valence-electron chi connectivity index (χ0n) is 12.7. The fourth-order valence-electron chi connectivity index (χ4n) is 2.83. The minimum absolute atomic E-state index is 0.653. The summed E-state index contributed by atoms with van der Waals surface area (Å²) in [6.45, 7) is 11.6. The summed E-state index contributed by atoms with van der Waals surface area (Å²) in [6, 6.07) is 9.57. The number of nitrogens with zero attached hydrogens (tertiary/aromatic N) is 1. The molecule has 2 heteroatoms. The Labute approximate surface area is 118 Å². The maximum absolute atomic E-state index is 3.68. The van der Waals surface area contributed by atoms with Gasteiger partial charge in [0, 0.05) is 19.1 Å². The van der Waals surface area contributed by atoms with Crippen molar-refractivity contribution >= 4 is 0 Å². The van der Waals surface area contributed by atoms with Crippen molar-refractivity contribution in [3.8, 4) is 0 Å². The molecule has 0 amide bonds. The number of rotatable bonds is 4. The lowest BCUT2D eigenvalue weighted by Crippen LogP contribution is -2.41. The molecule has 1 aromatic rings. The Kier molecular flexibility index (Phi) is 5.41. The van der Waals surface area contributed by atoms with Gasteiger partial charge in [-0.15, -0.1) is 0 Å². The largest absolute Gasteiger partial charge is 0.312 e. The highest BCUT2D eigenvalue weighted by molar-refractivity contribution is 5.22. The monoisotopic (exact) mass is 260 g/mol. The average molecular weight is 260 g/mol. The van der Waals surface area contributed by atoms with E-state index in [0.29, 0.717) is 6.04 Å². The van der Waals surface area contributed by atoms with Crippen molar-refractivity contribution < 1.29 is 0 Å². The zero-order chi connectivity index (χ0) is 13.7. The first-order valence-corrected chi connectivity index (χ1v) is 7.66. The molecule has 1 aromatic carbocycles. The summed E-state index contributed by atoms with van der Waals surface area (Å²) in [5.41, 5.74) is 2.84. The van der Waals surface area contributed by atoms with Gasteiger partial charge in [0.1, 0.15) is 0 Å². The third kappa shape index (κ3) is 4.63. The first-order valence-electron chi connectivity index (χ1n) is 7.66. The van der Waals surface area contributed by atoms with Crippen LogP contribution in [0.3, 0.4) is 0 Å². The van der Waals surface area contributed by atoms with Crippen LogP contribution in [0, 0.1) is 12.8 Å². The highest BCUT2D eigenvalue weighted by Gasteiger charge is 2.19. The summed E-state index contributed by atoms with van der Waals surface area (Å²) < 4.78 is 0. The van der Waals surface area contributed by atoms with E-state index in [-0.39, 0.29) is 0 Å². The molecule has 0 spiro atoms. The molecule has 1 fully saturated rings. The standard InChI is InChI=1S/C17H28N2/c1-14(2)17-13-19(10-5-9-18-17)11-8-16-7-4-6-15(3)12-16/h4,6-7,12,14,17-18H,5,8-11,13H2,1-3H3. The topological polar surface area (TPSA) is 15.3 Å². The van der Waals surface area contributed by atoms with Crippen LogP contribution in [0.25, 0.3) is 0 Å². The van der Waals surface area contributed by atoms with Crippen LogP contribution in [0.4, 0.5) is 0 Å². The van der Waals surface area contributed by atoms with Crippen molar-refractivity contribution in [2.75, 3.05) is 26.2 Å². The van der Waals surface area contributed by atoms with Crippen LogP contribution in [-0.4, -0.2) is 37.1 Å². The maximum Gasteiger partial charge on any atom is 0.0217 e. The summed E-state index contributed by atoms with van der Waals surface area (Å²) in [5, 5.41) is 3.68. The molecule has 1 atom stereocenters. The molecule has 1 N–H and O–H groups in total. The van der Waals surface area contributed by atoms with Crippen molar-refractivity contribution in [3.63, 3.8) is 0 Å². The SMILES string of the molecule is Cc1cccc(CCN2CCCNC(C(C)C)C2)c1. The zero-order valence-corrected chi connectivity index (χ0v) is 12.7. The molecular formula is C17H28N2. The molecule has 1 heterocycles. The van der Waals surface area contributed by atoms with Gasteiger partial charge in [-0.3, -0.25) is 0 Å². The van der Waals surface area contributed by atoms with E-state index in [4.69, 9.17) is 0 Å². The Balaban J connectivity index is 1.87. The van der Waals surface area contributed by atoms with Gasteiger partial charge >= 0.3 is 0 Å². The smallest absolute Gasteiger partial charge is 0.0217 e. The van der Waals surface area contributed by atoms with Crippen LogP contribution in [-0.2, 0) is 6.42 Å². The van der Waals surface area contributed by atoms with E-state index in [9.17, 15) is 0 Å². The molecule has 0 bridgehead atoms. The van der Waals surface area contributed by atoms with Gasteiger partial charge in [-0.05, 0) is 44.3 Å². The summed E-state index contributed by atoms with van der Waals surface area (Å²) in [7, 11) is 0. The van der Waals surface area contributed by atoms with Gasteiger partial charge in [-0.1, -0.05) is 43.7 Å². The maximum atomic E-state index is 3.68.